The summed E-state index contributed by atoms with van der Waals surface area (Å²) in [5, 5.41) is 0.159. The van der Waals surface area contributed by atoms with Crippen molar-refractivity contribution < 1.29 is 13.9 Å². The summed E-state index contributed by atoms with van der Waals surface area (Å²) in [4.78, 5) is 22.2. The molecular weight excluding hydrogens is 369 g/mol. The number of carbonyl (C=O) groups excluding carboxylic acids is 1. The van der Waals surface area contributed by atoms with Crippen LogP contribution in [-0.2, 0) is 4.79 Å². The van der Waals surface area contributed by atoms with Crippen molar-refractivity contribution in [3.8, 4) is 5.75 Å². The molecule has 1 aliphatic rings. The number of aromatic nitrogens is 2. The van der Waals surface area contributed by atoms with Crippen molar-refractivity contribution >= 4 is 28.5 Å². The fourth-order valence-corrected chi connectivity index (χ4v) is 3.61. The van der Waals surface area contributed by atoms with Gasteiger partial charge in [-0.15, -0.1) is 0 Å². The zero-order chi connectivity index (χ0) is 18.8. The van der Waals surface area contributed by atoms with E-state index in [1.54, 1.807) is 4.90 Å². The fraction of sp³-hybridized carbons (Fsp3) is 0.300. The van der Waals surface area contributed by atoms with Crippen molar-refractivity contribution in [2.75, 3.05) is 19.7 Å². The van der Waals surface area contributed by atoms with Gasteiger partial charge in [-0.1, -0.05) is 23.7 Å². The molecule has 3 aromatic rings. The molecule has 0 bridgehead atoms. The molecule has 7 heteroatoms. The number of H-pyrrole nitrogens is 1. The van der Waals surface area contributed by atoms with Crippen LogP contribution in [0.1, 0.15) is 24.6 Å². The maximum absolute atomic E-state index is 13.1. The first-order chi connectivity index (χ1) is 13.1. The molecular formula is C20H19ClFN3O2. The number of benzene rings is 2. The number of piperidine rings is 1. The lowest BCUT2D eigenvalue weighted by Crippen LogP contribution is -2.40. The van der Waals surface area contributed by atoms with Gasteiger partial charge in [-0.05, 0) is 43.2 Å². The number of aromatic amines is 1. The van der Waals surface area contributed by atoms with Gasteiger partial charge in [-0.25, -0.2) is 9.37 Å². The number of hydrogen-bond acceptors (Lipinski definition) is 3. The highest BCUT2D eigenvalue weighted by atomic mass is 35.5. The summed E-state index contributed by atoms with van der Waals surface area (Å²) in [5.74, 6) is 1.07. The fourth-order valence-electron chi connectivity index (χ4n) is 3.39. The Morgan fingerprint density at radius 2 is 2.04 bits per heavy atom. The Morgan fingerprint density at radius 1 is 1.26 bits per heavy atom. The van der Waals surface area contributed by atoms with E-state index in [-0.39, 0.29) is 17.5 Å². The average Bonchev–Trinajstić information content (AvgIpc) is 3.11. The smallest absolute Gasteiger partial charge is 0.260 e. The third-order valence-corrected chi connectivity index (χ3v) is 5.18. The van der Waals surface area contributed by atoms with Crippen LogP contribution in [0.15, 0.2) is 42.5 Å². The van der Waals surface area contributed by atoms with Gasteiger partial charge in [0, 0.05) is 19.0 Å². The van der Waals surface area contributed by atoms with Crippen LogP contribution in [0.3, 0.4) is 0 Å². The van der Waals surface area contributed by atoms with Crippen molar-refractivity contribution in [2.45, 2.75) is 18.8 Å². The SMILES string of the molecule is O=C(COc1ccc(F)cc1Cl)N1CCC(c2nc3ccccc3[nH]2)CC1. The Hall–Kier alpha value is -2.60. The highest BCUT2D eigenvalue weighted by molar-refractivity contribution is 6.32. The lowest BCUT2D eigenvalue weighted by molar-refractivity contribution is -0.134. The van der Waals surface area contributed by atoms with Crippen LogP contribution in [0.25, 0.3) is 11.0 Å². The number of halogens is 2. The predicted octanol–water partition coefficient (Wildman–Crippen LogP) is 4.14. The highest BCUT2D eigenvalue weighted by Gasteiger charge is 2.26. The minimum Gasteiger partial charge on any atom is -0.482 e. The normalized spacial score (nSPS) is 15.3. The molecule has 0 saturated carbocycles. The van der Waals surface area contributed by atoms with E-state index in [0.29, 0.717) is 24.8 Å². The van der Waals surface area contributed by atoms with Crippen LogP contribution < -0.4 is 4.74 Å². The van der Waals surface area contributed by atoms with Gasteiger partial charge >= 0.3 is 0 Å². The van der Waals surface area contributed by atoms with E-state index in [1.807, 2.05) is 24.3 Å². The number of nitrogens with one attached hydrogen (secondary N) is 1. The van der Waals surface area contributed by atoms with Gasteiger partial charge in [0.05, 0.1) is 16.1 Å². The van der Waals surface area contributed by atoms with Crippen molar-refractivity contribution in [3.63, 3.8) is 0 Å². The van der Waals surface area contributed by atoms with E-state index < -0.39 is 5.82 Å². The van der Waals surface area contributed by atoms with Crippen LogP contribution in [0.5, 0.6) is 5.75 Å². The minimum absolute atomic E-state index is 0.0987. The van der Waals surface area contributed by atoms with E-state index in [4.69, 9.17) is 16.3 Å². The number of ether oxygens (including phenoxy) is 1. The summed E-state index contributed by atoms with van der Waals surface area (Å²) in [7, 11) is 0. The topological polar surface area (TPSA) is 58.2 Å². The average molecular weight is 388 g/mol. The van der Waals surface area contributed by atoms with Gasteiger partial charge in [0.1, 0.15) is 17.4 Å². The number of carbonyl (C=O) groups is 1. The zero-order valence-corrected chi connectivity index (χ0v) is 15.4. The molecule has 140 valence electrons. The van der Waals surface area contributed by atoms with E-state index >= 15 is 0 Å². The second-order valence-corrected chi connectivity index (χ2v) is 7.06. The standard InChI is InChI=1S/C20H19ClFN3O2/c21-15-11-14(22)5-6-18(15)27-12-19(26)25-9-7-13(8-10-25)20-23-16-3-1-2-4-17(16)24-20/h1-6,11,13H,7-10,12H2,(H,23,24). The Morgan fingerprint density at radius 3 is 2.78 bits per heavy atom. The Kier molecular flexibility index (Phi) is 4.99. The third-order valence-electron chi connectivity index (χ3n) is 4.89. The molecule has 2 heterocycles. The zero-order valence-electron chi connectivity index (χ0n) is 14.6. The largest absolute Gasteiger partial charge is 0.482 e. The lowest BCUT2D eigenvalue weighted by atomic mass is 9.96. The van der Waals surface area contributed by atoms with E-state index in [0.717, 1.165) is 29.7 Å². The van der Waals surface area contributed by atoms with Crippen molar-refractivity contribution in [3.05, 3.63) is 59.1 Å². The molecule has 27 heavy (non-hydrogen) atoms. The Bertz CT molecular complexity index is 934. The molecule has 1 amide bonds. The van der Waals surface area contributed by atoms with Gasteiger partial charge < -0.3 is 14.6 Å². The second kappa shape index (κ2) is 7.56. The van der Waals surface area contributed by atoms with Gasteiger partial charge in [0.25, 0.3) is 5.91 Å². The van der Waals surface area contributed by atoms with Crippen LogP contribution in [0.2, 0.25) is 5.02 Å². The van der Waals surface area contributed by atoms with Crippen molar-refractivity contribution in [1.82, 2.24) is 14.9 Å². The highest BCUT2D eigenvalue weighted by Crippen LogP contribution is 2.28. The summed E-state index contributed by atoms with van der Waals surface area (Å²) in [5.41, 5.74) is 2.01. The summed E-state index contributed by atoms with van der Waals surface area (Å²) in [6.07, 6.45) is 1.70. The number of rotatable bonds is 4. The molecule has 1 aliphatic heterocycles. The molecule has 1 fully saturated rings. The lowest BCUT2D eigenvalue weighted by Gasteiger charge is -2.31. The number of nitrogens with zero attached hydrogens (tertiary/aromatic N) is 2. The minimum atomic E-state index is -0.439. The quantitative estimate of drug-likeness (QED) is 0.732. The Labute approximate surface area is 161 Å². The summed E-state index contributed by atoms with van der Waals surface area (Å²) in [6.45, 7) is 1.20. The molecule has 1 aromatic heterocycles. The Balaban J connectivity index is 1.32. The number of hydrogen-bond donors (Lipinski definition) is 1. The molecule has 0 atom stereocenters. The second-order valence-electron chi connectivity index (χ2n) is 6.66. The predicted molar refractivity (Wildman–Crippen MR) is 102 cm³/mol. The molecule has 5 nitrogen and oxygen atoms in total. The van der Waals surface area contributed by atoms with E-state index in [9.17, 15) is 9.18 Å². The molecule has 4 rings (SSSR count). The number of fused-ring (bicyclic) bond motifs is 1. The van der Waals surface area contributed by atoms with Crippen molar-refractivity contribution in [2.24, 2.45) is 0 Å². The van der Waals surface area contributed by atoms with Crippen LogP contribution in [0, 0.1) is 5.82 Å². The van der Waals surface area contributed by atoms with Gasteiger partial charge in [-0.2, -0.15) is 0 Å². The maximum atomic E-state index is 13.1. The number of imidazole rings is 1. The van der Waals surface area contributed by atoms with Gasteiger partial charge in [0.15, 0.2) is 6.61 Å². The number of para-hydroxylation sites is 2. The monoisotopic (exact) mass is 387 g/mol. The van der Waals surface area contributed by atoms with Crippen LogP contribution >= 0.6 is 11.6 Å². The maximum Gasteiger partial charge on any atom is 0.260 e. The molecule has 0 aliphatic carbocycles. The third kappa shape index (κ3) is 3.90. The number of amides is 1. The summed E-state index contributed by atoms with van der Waals surface area (Å²) in [6, 6.07) is 11.8. The first kappa shape index (κ1) is 17.8. The first-order valence-electron chi connectivity index (χ1n) is 8.90. The first-order valence-corrected chi connectivity index (χ1v) is 9.28. The molecule has 1 saturated heterocycles. The van der Waals surface area contributed by atoms with Gasteiger partial charge in [-0.3, -0.25) is 4.79 Å². The molecule has 0 spiro atoms. The number of likely N-dealkylation sites (tertiary alicyclic amines) is 1. The summed E-state index contributed by atoms with van der Waals surface area (Å²) < 4.78 is 18.5. The van der Waals surface area contributed by atoms with Crippen LogP contribution in [0.4, 0.5) is 4.39 Å². The van der Waals surface area contributed by atoms with Crippen LogP contribution in [-0.4, -0.2) is 40.5 Å². The van der Waals surface area contributed by atoms with Crippen molar-refractivity contribution in [1.29, 1.82) is 0 Å². The van der Waals surface area contributed by atoms with Gasteiger partial charge in [0.2, 0.25) is 0 Å². The van der Waals surface area contributed by atoms with E-state index in [1.165, 1.54) is 18.2 Å². The van der Waals surface area contributed by atoms with E-state index in [2.05, 4.69) is 9.97 Å². The molecule has 0 radical (unpaired) electrons. The summed E-state index contributed by atoms with van der Waals surface area (Å²) >= 11 is 5.92. The molecule has 2 aromatic carbocycles. The molecule has 1 N–H and O–H groups in total. The molecule has 0 unspecified atom stereocenters.